The molecule has 0 saturated carbocycles. The van der Waals surface area contributed by atoms with Crippen LogP contribution in [0.1, 0.15) is 54.4 Å². The standard InChI is InChI=1S/C17H30O4/c1-12(2)9-15(6)10-14(5)7-8-20-16(18)17(19)21-11-13(3)4/h10,12-14H,7-9,11H2,1-6H3. The van der Waals surface area contributed by atoms with Crippen LogP contribution in [0, 0.1) is 17.8 Å². The Hall–Kier alpha value is -1.32. The first-order chi connectivity index (χ1) is 9.72. The van der Waals surface area contributed by atoms with Crippen LogP contribution in [0.4, 0.5) is 0 Å². The molecule has 0 heterocycles. The topological polar surface area (TPSA) is 52.6 Å². The highest BCUT2D eigenvalue weighted by Gasteiger charge is 2.17. The van der Waals surface area contributed by atoms with Crippen LogP contribution in [0.25, 0.3) is 0 Å². The minimum Gasteiger partial charge on any atom is -0.457 e. The number of carbonyl (C=O) groups is 2. The van der Waals surface area contributed by atoms with Gasteiger partial charge in [0.25, 0.3) is 0 Å². The zero-order valence-corrected chi connectivity index (χ0v) is 14.3. The molecule has 0 aromatic heterocycles. The van der Waals surface area contributed by atoms with Gasteiger partial charge >= 0.3 is 11.9 Å². The maximum atomic E-state index is 11.4. The zero-order chi connectivity index (χ0) is 16.4. The Bertz CT molecular complexity index is 356. The first kappa shape index (κ1) is 19.7. The van der Waals surface area contributed by atoms with Crippen LogP contribution in [0.5, 0.6) is 0 Å². The number of allylic oxidation sites excluding steroid dienone is 2. The van der Waals surface area contributed by atoms with Gasteiger partial charge in [-0.2, -0.15) is 0 Å². The van der Waals surface area contributed by atoms with Gasteiger partial charge in [-0.3, -0.25) is 0 Å². The number of hydrogen-bond donors (Lipinski definition) is 0. The molecule has 4 heteroatoms. The third-order valence-electron chi connectivity index (χ3n) is 2.82. The van der Waals surface area contributed by atoms with Crippen LogP contribution >= 0.6 is 0 Å². The van der Waals surface area contributed by atoms with Gasteiger partial charge in [0.05, 0.1) is 13.2 Å². The molecule has 0 spiro atoms. The van der Waals surface area contributed by atoms with Crippen LogP contribution in [-0.4, -0.2) is 25.2 Å². The second-order valence-electron chi connectivity index (χ2n) is 6.51. The van der Waals surface area contributed by atoms with Crippen LogP contribution < -0.4 is 0 Å². The van der Waals surface area contributed by atoms with Gasteiger partial charge in [0, 0.05) is 0 Å². The van der Waals surface area contributed by atoms with Crippen molar-refractivity contribution in [2.75, 3.05) is 13.2 Å². The molecule has 4 nitrogen and oxygen atoms in total. The van der Waals surface area contributed by atoms with Crippen LogP contribution in [0.3, 0.4) is 0 Å². The minimum atomic E-state index is -0.900. The summed E-state index contributed by atoms with van der Waals surface area (Å²) >= 11 is 0. The first-order valence-corrected chi connectivity index (χ1v) is 7.73. The molecule has 0 aliphatic rings. The monoisotopic (exact) mass is 298 g/mol. The Morgan fingerprint density at radius 1 is 0.952 bits per heavy atom. The number of esters is 2. The van der Waals surface area contributed by atoms with Crippen LogP contribution in [-0.2, 0) is 19.1 Å². The number of hydrogen-bond acceptors (Lipinski definition) is 4. The van der Waals surface area contributed by atoms with Crippen molar-refractivity contribution in [2.45, 2.75) is 54.4 Å². The van der Waals surface area contributed by atoms with E-state index in [9.17, 15) is 9.59 Å². The molecule has 0 radical (unpaired) electrons. The summed E-state index contributed by atoms with van der Waals surface area (Å²) in [6.07, 6.45) is 3.98. The van der Waals surface area contributed by atoms with E-state index in [1.54, 1.807) is 0 Å². The lowest BCUT2D eigenvalue weighted by Crippen LogP contribution is -2.22. The second kappa shape index (κ2) is 10.4. The largest absolute Gasteiger partial charge is 0.457 e. The fourth-order valence-electron chi connectivity index (χ4n) is 1.98. The van der Waals surface area contributed by atoms with E-state index in [1.807, 2.05) is 13.8 Å². The van der Waals surface area contributed by atoms with Crippen molar-refractivity contribution in [1.82, 2.24) is 0 Å². The molecule has 0 aliphatic heterocycles. The summed E-state index contributed by atoms with van der Waals surface area (Å²) in [5.74, 6) is -0.630. The Morgan fingerprint density at radius 2 is 1.52 bits per heavy atom. The van der Waals surface area contributed by atoms with Crippen LogP contribution in [0.15, 0.2) is 11.6 Å². The van der Waals surface area contributed by atoms with Gasteiger partial charge < -0.3 is 9.47 Å². The Kier molecular flexibility index (Phi) is 9.76. The molecule has 0 saturated heterocycles. The Morgan fingerprint density at radius 3 is 2.05 bits per heavy atom. The lowest BCUT2D eigenvalue weighted by atomic mass is 9.99. The first-order valence-electron chi connectivity index (χ1n) is 7.73. The van der Waals surface area contributed by atoms with Crippen molar-refractivity contribution >= 4 is 11.9 Å². The summed E-state index contributed by atoms with van der Waals surface area (Å²) in [6.45, 7) is 12.9. The molecule has 0 N–H and O–H groups in total. The quantitative estimate of drug-likeness (QED) is 0.389. The number of rotatable bonds is 8. The lowest BCUT2D eigenvalue weighted by molar-refractivity contribution is -0.168. The Balaban J connectivity index is 3.97. The molecule has 0 amide bonds. The van der Waals surface area contributed by atoms with E-state index in [2.05, 4.69) is 33.8 Å². The highest BCUT2D eigenvalue weighted by atomic mass is 16.6. The molecule has 0 aromatic carbocycles. The molecule has 1 atom stereocenters. The van der Waals surface area contributed by atoms with Crippen molar-refractivity contribution in [3.8, 4) is 0 Å². The van der Waals surface area contributed by atoms with E-state index in [0.29, 0.717) is 18.3 Å². The molecule has 21 heavy (non-hydrogen) atoms. The fourth-order valence-corrected chi connectivity index (χ4v) is 1.98. The van der Waals surface area contributed by atoms with Gasteiger partial charge in [0.1, 0.15) is 0 Å². The molecule has 0 aromatic rings. The minimum absolute atomic E-state index is 0.204. The maximum absolute atomic E-state index is 11.4. The molecule has 0 rings (SSSR count). The van der Waals surface area contributed by atoms with Crippen LogP contribution in [0.2, 0.25) is 0 Å². The van der Waals surface area contributed by atoms with E-state index < -0.39 is 11.9 Å². The lowest BCUT2D eigenvalue weighted by Gasteiger charge is -2.11. The van der Waals surface area contributed by atoms with E-state index in [0.717, 1.165) is 6.42 Å². The smallest absolute Gasteiger partial charge is 0.417 e. The zero-order valence-electron chi connectivity index (χ0n) is 14.3. The molecular weight excluding hydrogens is 268 g/mol. The summed E-state index contributed by atoms with van der Waals surface area (Å²) in [6, 6.07) is 0. The highest BCUT2D eigenvalue weighted by molar-refractivity contribution is 6.29. The summed E-state index contributed by atoms with van der Waals surface area (Å²) < 4.78 is 9.73. The van der Waals surface area contributed by atoms with Crippen molar-refractivity contribution < 1.29 is 19.1 Å². The van der Waals surface area contributed by atoms with Crippen molar-refractivity contribution in [1.29, 1.82) is 0 Å². The predicted octanol–water partition coefficient (Wildman–Crippen LogP) is 3.75. The van der Waals surface area contributed by atoms with E-state index in [4.69, 9.17) is 9.47 Å². The molecule has 0 bridgehead atoms. The molecule has 0 fully saturated rings. The molecule has 1 unspecified atom stereocenters. The average molecular weight is 298 g/mol. The fraction of sp³-hybridized carbons (Fsp3) is 0.765. The third-order valence-corrected chi connectivity index (χ3v) is 2.82. The molecule has 122 valence electrons. The number of ether oxygens (including phenoxy) is 2. The number of carbonyl (C=O) groups excluding carboxylic acids is 2. The SMILES string of the molecule is CC(=CC(C)CCOC(=O)C(=O)OCC(C)C)CC(C)C. The summed E-state index contributed by atoms with van der Waals surface area (Å²) in [5.41, 5.74) is 1.35. The van der Waals surface area contributed by atoms with Crippen molar-refractivity contribution in [2.24, 2.45) is 17.8 Å². The maximum Gasteiger partial charge on any atom is 0.417 e. The average Bonchev–Trinajstić information content (AvgIpc) is 2.34. The molecular formula is C17H30O4. The molecule has 0 aliphatic carbocycles. The Labute approximate surface area is 128 Å². The normalized spacial score (nSPS) is 13.4. The van der Waals surface area contributed by atoms with E-state index >= 15 is 0 Å². The van der Waals surface area contributed by atoms with Gasteiger partial charge in [0.2, 0.25) is 0 Å². The van der Waals surface area contributed by atoms with Gasteiger partial charge in [-0.15, -0.1) is 0 Å². The third kappa shape index (κ3) is 11.1. The van der Waals surface area contributed by atoms with E-state index in [-0.39, 0.29) is 19.1 Å². The van der Waals surface area contributed by atoms with Gasteiger partial charge in [-0.1, -0.05) is 46.3 Å². The predicted molar refractivity (Wildman–Crippen MR) is 83.7 cm³/mol. The summed E-state index contributed by atoms with van der Waals surface area (Å²) in [5, 5.41) is 0. The van der Waals surface area contributed by atoms with Crippen molar-refractivity contribution in [3.63, 3.8) is 0 Å². The van der Waals surface area contributed by atoms with Gasteiger partial charge in [-0.05, 0) is 37.5 Å². The summed E-state index contributed by atoms with van der Waals surface area (Å²) in [4.78, 5) is 22.7. The summed E-state index contributed by atoms with van der Waals surface area (Å²) in [7, 11) is 0. The van der Waals surface area contributed by atoms with E-state index in [1.165, 1.54) is 5.57 Å². The van der Waals surface area contributed by atoms with Crippen molar-refractivity contribution in [3.05, 3.63) is 11.6 Å². The van der Waals surface area contributed by atoms with Gasteiger partial charge in [0.15, 0.2) is 0 Å². The van der Waals surface area contributed by atoms with Gasteiger partial charge in [-0.25, -0.2) is 9.59 Å². The second-order valence-corrected chi connectivity index (χ2v) is 6.51. The highest BCUT2D eigenvalue weighted by Crippen LogP contribution is 2.14.